The molecule has 27 nitrogen and oxygen atoms in total. The number of carbonyl (C=O) groups is 4. The number of guanidine groups is 3. The van der Waals surface area contributed by atoms with Crippen molar-refractivity contribution in [2.75, 3.05) is 106 Å². The lowest BCUT2D eigenvalue weighted by Gasteiger charge is -2.19. The summed E-state index contributed by atoms with van der Waals surface area (Å²) >= 11 is 1.66. The Hall–Kier alpha value is -5.81. The Labute approximate surface area is 658 Å². The highest BCUT2D eigenvalue weighted by atomic mass is 32.2. The van der Waals surface area contributed by atoms with Crippen LogP contribution in [0.2, 0.25) is 0 Å². The van der Waals surface area contributed by atoms with Crippen LogP contribution in [0.15, 0.2) is 26.7 Å². The van der Waals surface area contributed by atoms with E-state index in [0.29, 0.717) is 71.2 Å². The summed E-state index contributed by atoms with van der Waals surface area (Å²) in [5.41, 5.74) is 2.45. The maximum Gasteiger partial charge on any atom is 0.433 e. The van der Waals surface area contributed by atoms with Gasteiger partial charge in [-0.05, 0) is 147 Å². The number of nitro groups is 1. The Balaban J connectivity index is -0.000000214. The molecule has 1 heterocycles. The molecule has 0 unspecified atom stereocenters. The number of aliphatic imine (C=N–C) groups is 2. The number of carbonyl (C=O) groups excluding carboxylic acids is 4. The fourth-order valence-corrected chi connectivity index (χ4v) is 9.44. The van der Waals surface area contributed by atoms with Crippen molar-refractivity contribution in [3.05, 3.63) is 21.7 Å². The van der Waals surface area contributed by atoms with Gasteiger partial charge in [0.05, 0.1) is 19.9 Å². The topological polar surface area (TPSA) is 351 Å². The number of nitrogens with zero attached hydrogens (tertiary/aromatic N) is 8. The van der Waals surface area contributed by atoms with Crippen molar-refractivity contribution < 1.29 is 47.8 Å². The number of hydrogen-bond acceptors (Lipinski definition) is 16. The van der Waals surface area contributed by atoms with Gasteiger partial charge < -0.3 is 46.9 Å². The number of amides is 4. The Bertz CT molecular complexity index is 2590. The number of nitrogens with one attached hydrogen (secondary N) is 8. The van der Waals surface area contributed by atoms with E-state index in [2.05, 4.69) is 226 Å². The zero-order valence-corrected chi connectivity index (χ0v) is 76.1. The lowest BCUT2D eigenvalue weighted by atomic mass is 9.90. The minimum atomic E-state index is -3.26. The second kappa shape index (κ2) is 62.9. The molecule has 0 bridgehead atoms. The highest BCUT2D eigenvalue weighted by Crippen LogP contribution is 2.25. The number of sulfonamides is 1. The normalized spacial score (nSPS) is 12.0. The van der Waals surface area contributed by atoms with Gasteiger partial charge in [-0.3, -0.25) is 39.5 Å². The highest BCUT2D eigenvalue weighted by molar-refractivity contribution is 7.89. The van der Waals surface area contributed by atoms with E-state index in [0.717, 1.165) is 126 Å². The molecule has 636 valence electrons. The minimum absolute atomic E-state index is 0.106. The molecule has 0 spiro atoms. The molecule has 0 atom stereocenters. The molecule has 0 saturated heterocycles. The Morgan fingerprint density at radius 3 is 1.33 bits per heavy atom. The SMILES string of the molecule is CC(=O)N(O)CCCC(C)(C)C.CC(C)(C)CCCNc1nccs1.CC(C)C(=O)NCCCC(C)(C)C.CCC(=O)NCCCC(C)(C)C.CN(C)C(=NCCCC(C)(C)C)NS(C)(=O)=O.CN/C(=N\[N+](=O)[O-])NCCCC(C)C.CN=C(NC)NCCCC(C)(C)C.COC(=O)N(O)CCCC(C)(C)C. The monoisotopic (exact) mass is 1570 g/mol. The second-order valence-electron chi connectivity index (χ2n) is 35.9. The number of ether oxygens (including phenoxy) is 1. The average molecular weight is 1570 g/mol. The number of anilines is 1. The lowest BCUT2D eigenvalue weighted by molar-refractivity contribution is -0.485. The first-order valence-electron chi connectivity index (χ1n) is 38.5. The van der Waals surface area contributed by atoms with Gasteiger partial charge in [0.1, 0.15) is 5.10 Å². The number of thiazole rings is 1. The summed E-state index contributed by atoms with van der Waals surface area (Å²) < 4.78 is 29.0. The molecule has 1 aromatic heterocycles. The first-order valence-corrected chi connectivity index (χ1v) is 41.3. The van der Waals surface area contributed by atoms with Crippen molar-refractivity contribution in [1.29, 1.82) is 0 Å². The maximum absolute atomic E-state index is 11.2. The number of hydroxylamine groups is 4. The van der Waals surface area contributed by atoms with E-state index in [1.54, 1.807) is 44.4 Å². The van der Waals surface area contributed by atoms with Crippen LogP contribution in [0, 0.1) is 59.9 Å². The first kappa shape index (κ1) is 114. The smallest absolute Gasteiger partial charge is 0.433 e. The number of methoxy groups -OCH3 is 1. The van der Waals surface area contributed by atoms with E-state index in [4.69, 9.17) is 10.4 Å². The molecule has 29 heteroatoms. The predicted molar refractivity (Wildman–Crippen MR) is 453 cm³/mol. The summed E-state index contributed by atoms with van der Waals surface area (Å²) in [6.45, 7) is 63.3. The third-order valence-corrected chi connectivity index (χ3v) is 15.7. The quantitative estimate of drug-likeness (QED) is 0.00854. The number of hydrazone groups is 1. The molecule has 107 heavy (non-hydrogen) atoms. The summed E-state index contributed by atoms with van der Waals surface area (Å²) in [5, 5.41) is 55.7. The second-order valence-corrected chi connectivity index (χ2v) is 38.6. The molecule has 0 aliphatic rings. The minimum Gasteiger partial charge on any atom is -0.451 e. The predicted octanol–water partition coefficient (Wildman–Crippen LogP) is 16.3. The van der Waals surface area contributed by atoms with Gasteiger partial charge in [-0.25, -0.2) is 33.4 Å². The van der Waals surface area contributed by atoms with Crippen LogP contribution in [0.1, 0.15) is 296 Å². The summed E-state index contributed by atoms with van der Waals surface area (Å²) in [7, 11) is 6.77. The molecule has 4 amide bonds. The highest BCUT2D eigenvalue weighted by Gasteiger charge is 2.17. The van der Waals surface area contributed by atoms with Crippen molar-refractivity contribution in [3.63, 3.8) is 0 Å². The van der Waals surface area contributed by atoms with Crippen molar-refractivity contribution >= 4 is 68.2 Å². The number of aromatic nitrogens is 1. The third kappa shape index (κ3) is 102. The molecule has 0 radical (unpaired) electrons. The summed E-state index contributed by atoms with van der Waals surface area (Å²) in [5.74, 6) is 2.26. The fraction of sp³-hybridized carbons (Fsp3) is 0.872. The van der Waals surface area contributed by atoms with Gasteiger partial charge in [0.2, 0.25) is 33.7 Å². The van der Waals surface area contributed by atoms with E-state index in [1.807, 2.05) is 39.4 Å². The Kier molecular flexibility index (Phi) is 67.3. The summed E-state index contributed by atoms with van der Waals surface area (Å²) in [4.78, 5) is 67.4. The van der Waals surface area contributed by atoms with Gasteiger partial charge >= 0.3 is 6.09 Å². The third-order valence-electron chi connectivity index (χ3n) is 14.4. The van der Waals surface area contributed by atoms with Gasteiger partial charge in [0.15, 0.2) is 16.1 Å². The van der Waals surface area contributed by atoms with Crippen LogP contribution >= 0.6 is 11.3 Å². The van der Waals surface area contributed by atoms with Crippen LogP contribution in [-0.4, -0.2) is 187 Å². The van der Waals surface area contributed by atoms with Crippen molar-refractivity contribution in [1.82, 2.24) is 56.6 Å². The largest absolute Gasteiger partial charge is 0.451 e. The van der Waals surface area contributed by atoms with Crippen LogP contribution in [-0.2, 0) is 29.1 Å². The zero-order valence-electron chi connectivity index (χ0n) is 74.4. The van der Waals surface area contributed by atoms with Gasteiger partial charge in [-0.2, -0.15) is 5.06 Å². The molecule has 0 fully saturated rings. The average Bonchev–Trinajstić information content (AvgIpc) is 1.40. The molecular weight excluding hydrogens is 1400 g/mol. The molecule has 0 aromatic carbocycles. The lowest BCUT2D eigenvalue weighted by Crippen LogP contribution is -2.39. The van der Waals surface area contributed by atoms with Crippen LogP contribution in [0.3, 0.4) is 0 Å². The number of hydrogen-bond donors (Lipinski definition) is 10. The van der Waals surface area contributed by atoms with E-state index >= 15 is 0 Å². The molecule has 10 N–H and O–H groups in total. The van der Waals surface area contributed by atoms with Crippen LogP contribution in [0.25, 0.3) is 0 Å². The fourth-order valence-electron chi connectivity index (χ4n) is 8.31. The Morgan fingerprint density at radius 1 is 0.607 bits per heavy atom. The zero-order chi connectivity index (χ0) is 85.1. The first-order chi connectivity index (χ1) is 48.6. The Morgan fingerprint density at radius 2 is 0.991 bits per heavy atom. The van der Waals surface area contributed by atoms with Gasteiger partial charge in [0, 0.05) is 112 Å². The van der Waals surface area contributed by atoms with Crippen LogP contribution < -0.4 is 41.9 Å². The van der Waals surface area contributed by atoms with E-state index in [9.17, 15) is 37.7 Å². The number of rotatable bonds is 30. The van der Waals surface area contributed by atoms with Crippen LogP contribution in [0.5, 0.6) is 0 Å². The molecule has 0 aliphatic heterocycles. The standard InChI is InChI=1S/C11H25N3O2S.C11H23NO.C10H23N3.C10H18N2S.C10H21NO.C9H19NO3.C9H19NO2.C8H18N4O2/c1-11(2,3)8-7-9-12-10(14(4)5)13-17(6,15)16;1-9(2)10(13)12-8-6-7-11(3,4)5;1-10(2,3)7-6-8-13-9(11-4)12-5;1-10(2,3)5-4-6-11-9-12-7-8-13-9;1-5-9(12)11-8-6-7-10(2,3)4;1-9(2,3)6-5-7-10(12)8(11)13-4;1-8(11)10(12)7-5-6-9(2,3)4;1-7(2)5-4-6-10-8(9-3)11-12(13)14/h7-9H2,1-6H3,(H,12,13);9H,6-8H2,1-5H3,(H,12,13);6-8H2,1-5H3,(H2,11,12,13);7-8H,4-6H2,1-3H3,(H,11,12);5-8H2,1-4H3,(H,11,12);12H,5-7H2,1-4H3;12H,5-7H2,1-4H3;7H,4-6H2,1-3H3,(H2,9,10,11). The van der Waals surface area contributed by atoms with Gasteiger partial charge in [-0.1, -0.05) is 180 Å². The van der Waals surface area contributed by atoms with Crippen molar-refractivity contribution in [2.45, 2.75) is 296 Å². The molecule has 0 saturated carbocycles. The molecule has 1 aromatic rings. The van der Waals surface area contributed by atoms with Crippen LogP contribution in [0.4, 0.5) is 9.93 Å². The van der Waals surface area contributed by atoms with Crippen molar-refractivity contribution in [3.8, 4) is 0 Å². The summed E-state index contributed by atoms with van der Waals surface area (Å²) in [6.07, 6.45) is 19.9. The maximum atomic E-state index is 11.2. The molecule has 0 aliphatic carbocycles. The van der Waals surface area contributed by atoms with E-state index in [1.165, 1.54) is 39.7 Å². The van der Waals surface area contributed by atoms with Gasteiger partial charge in [0.25, 0.3) is 5.96 Å². The van der Waals surface area contributed by atoms with E-state index in [-0.39, 0.29) is 45.8 Å². The van der Waals surface area contributed by atoms with E-state index < -0.39 is 21.1 Å². The van der Waals surface area contributed by atoms with Crippen molar-refractivity contribution in [2.24, 2.45) is 64.8 Å². The molecular formula is C78H166N16O11S2. The van der Waals surface area contributed by atoms with Gasteiger partial charge in [-0.15, -0.1) is 11.3 Å². The molecule has 1 rings (SSSR count). The summed E-state index contributed by atoms with van der Waals surface area (Å²) in [6, 6.07) is 0.